The SMILES string of the molecule is CC.CN1CCN(C(C)(C)CC(C)(C)CC(C)(C)C)CC1. The average molecular weight is 299 g/mol. The molecule has 0 aromatic carbocycles. The van der Waals surface area contributed by atoms with E-state index in [1.54, 1.807) is 0 Å². The summed E-state index contributed by atoms with van der Waals surface area (Å²) < 4.78 is 0. The summed E-state index contributed by atoms with van der Waals surface area (Å²) in [6.07, 6.45) is 2.57. The van der Waals surface area contributed by atoms with Gasteiger partial charge in [-0.1, -0.05) is 48.5 Å². The smallest absolute Gasteiger partial charge is 0.0159 e. The molecule has 1 fully saturated rings. The molecule has 1 aliphatic heterocycles. The molecule has 0 aromatic rings. The Morgan fingerprint density at radius 1 is 0.714 bits per heavy atom. The lowest BCUT2D eigenvalue weighted by Gasteiger charge is -2.47. The fraction of sp³-hybridized carbons (Fsp3) is 1.00. The fourth-order valence-electron chi connectivity index (χ4n) is 4.19. The summed E-state index contributed by atoms with van der Waals surface area (Å²) in [5, 5.41) is 0. The van der Waals surface area contributed by atoms with Crippen molar-refractivity contribution in [1.82, 2.24) is 9.80 Å². The zero-order valence-corrected chi connectivity index (χ0v) is 16.6. The quantitative estimate of drug-likeness (QED) is 0.729. The number of rotatable bonds is 4. The highest BCUT2D eigenvalue weighted by molar-refractivity contribution is 4.91. The Labute approximate surface area is 135 Å². The molecule has 0 amide bonds. The summed E-state index contributed by atoms with van der Waals surface area (Å²) >= 11 is 0. The lowest BCUT2D eigenvalue weighted by molar-refractivity contribution is 0.0231. The predicted molar refractivity (Wildman–Crippen MR) is 97.0 cm³/mol. The zero-order chi connectivity index (χ0) is 16.9. The van der Waals surface area contributed by atoms with E-state index in [2.05, 4.69) is 65.3 Å². The van der Waals surface area contributed by atoms with Gasteiger partial charge in [-0.15, -0.1) is 0 Å². The number of likely N-dealkylation sites (N-methyl/N-ethyl adjacent to an activating group) is 1. The molecule has 0 saturated carbocycles. The number of hydrogen-bond acceptors (Lipinski definition) is 2. The first-order valence-electron chi connectivity index (χ1n) is 8.85. The van der Waals surface area contributed by atoms with Gasteiger partial charge in [-0.3, -0.25) is 4.90 Å². The molecule has 0 radical (unpaired) electrons. The molecule has 1 aliphatic rings. The molecule has 1 saturated heterocycles. The molecule has 1 rings (SSSR count). The number of nitrogens with zero attached hydrogens (tertiary/aromatic N) is 2. The molecule has 0 unspecified atom stereocenters. The minimum absolute atomic E-state index is 0.315. The minimum atomic E-state index is 0.315. The molecular weight excluding hydrogens is 256 g/mol. The van der Waals surface area contributed by atoms with Gasteiger partial charge >= 0.3 is 0 Å². The minimum Gasteiger partial charge on any atom is -0.304 e. The maximum Gasteiger partial charge on any atom is 0.0159 e. The van der Waals surface area contributed by atoms with Gasteiger partial charge in [0.2, 0.25) is 0 Å². The topological polar surface area (TPSA) is 6.48 Å². The zero-order valence-electron chi connectivity index (χ0n) is 16.6. The Hall–Kier alpha value is -0.0800. The first-order valence-corrected chi connectivity index (χ1v) is 8.85. The first-order chi connectivity index (χ1) is 9.41. The summed E-state index contributed by atoms with van der Waals surface area (Å²) in [5.74, 6) is 0. The van der Waals surface area contributed by atoms with Gasteiger partial charge in [0.05, 0.1) is 0 Å². The van der Waals surface area contributed by atoms with Crippen molar-refractivity contribution in [1.29, 1.82) is 0 Å². The molecule has 1 heterocycles. The third kappa shape index (κ3) is 8.21. The highest BCUT2D eigenvalue weighted by atomic mass is 15.3. The molecule has 2 nitrogen and oxygen atoms in total. The molecule has 0 atom stereocenters. The van der Waals surface area contributed by atoms with Crippen molar-refractivity contribution >= 4 is 0 Å². The fourth-order valence-corrected chi connectivity index (χ4v) is 4.19. The summed E-state index contributed by atoms with van der Waals surface area (Å²) in [7, 11) is 2.23. The normalized spacial score (nSPS) is 19.1. The molecule has 21 heavy (non-hydrogen) atoms. The Morgan fingerprint density at radius 3 is 1.52 bits per heavy atom. The largest absolute Gasteiger partial charge is 0.304 e. The van der Waals surface area contributed by atoms with E-state index < -0.39 is 0 Å². The van der Waals surface area contributed by atoms with Gasteiger partial charge in [0, 0.05) is 31.7 Å². The van der Waals surface area contributed by atoms with Crippen molar-refractivity contribution in [2.24, 2.45) is 10.8 Å². The van der Waals surface area contributed by atoms with Crippen LogP contribution in [-0.4, -0.2) is 48.6 Å². The van der Waals surface area contributed by atoms with Gasteiger partial charge < -0.3 is 4.90 Å². The van der Waals surface area contributed by atoms with Gasteiger partial charge in [-0.25, -0.2) is 0 Å². The summed E-state index contributed by atoms with van der Waals surface area (Å²) in [5.41, 5.74) is 1.14. The first kappa shape index (κ1) is 20.9. The van der Waals surface area contributed by atoms with Crippen molar-refractivity contribution in [3.8, 4) is 0 Å². The van der Waals surface area contributed by atoms with E-state index in [4.69, 9.17) is 0 Å². The van der Waals surface area contributed by atoms with Gasteiger partial charge in [0.1, 0.15) is 0 Å². The molecule has 0 N–H and O–H groups in total. The Kier molecular flexibility index (Phi) is 7.94. The molecule has 0 aliphatic carbocycles. The Bertz CT molecular complexity index is 278. The second-order valence-electron chi connectivity index (χ2n) is 9.18. The van der Waals surface area contributed by atoms with E-state index >= 15 is 0 Å². The molecular formula is C19H42N2. The summed E-state index contributed by atoms with van der Waals surface area (Å²) in [6.45, 7) is 25.7. The lowest BCUT2D eigenvalue weighted by atomic mass is 9.70. The van der Waals surface area contributed by atoms with E-state index in [9.17, 15) is 0 Å². The summed E-state index contributed by atoms with van der Waals surface area (Å²) in [4.78, 5) is 5.13. The van der Waals surface area contributed by atoms with Crippen LogP contribution in [0.4, 0.5) is 0 Å². The van der Waals surface area contributed by atoms with Crippen molar-refractivity contribution in [2.45, 2.75) is 80.7 Å². The third-order valence-electron chi connectivity index (χ3n) is 4.28. The number of piperazine rings is 1. The Balaban J connectivity index is 0.00000191. The van der Waals surface area contributed by atoms with E-state index in [0.29, 0.717) is 16.4 Å². The van der Waals surface area contributed by atoms with Crippen molar-refractivity contribution in [3.63, 3.8) is 0 Å². The van der Waals surface area contributed by atoms with E-state index in [1.165, 1.54) is 39.0 Å². The van der Waals surface area contributed by atoms with E-state index in [0.717, 1.165) is 0 Å². The highest BCUT2D eigenvalue weighted by Crippen LogP contribution is 2.40. The van der Waals surface area contributed by atoms with Crippen molar-refractivity contribution in [3.05, 3.63) is 0 Å². The lowest BCUT2D eigenvalue weighted by Crippen LogP contribution is -2.55. The van der Waals surface area contributed by atoms with Crippen LogP contribution in [-0.2, 0) is 0 Å². The second-order valence-corrected chi connectivity index (χ2v) is 9.18. The molecule has 0 bridgehead atoms. The Morgan fingerprint density at radius 2 is 1.14 bits per heavy atom. The monoisotopic (exact) mass is 298 g/mol. The van der Waals surface area contributed by atoms with E-state index in [-0.39, 0.29) is 0 Å². The van der Waals surface area contributed by atoms with Crippen LogP contribution in [0.2, 0.25) is 0 Å². The maximum atomic E-state index is 2.69. The van der Waals surface area contributed by atoms with Crippen LogP contribution in [0, 0.1) is 10.8 Å². The third-order valence-corrected chi connectivity index (χ3v) is 4.28. The van der Waals surface area contributed by atoms with Crippen LogP contribution >= 0.6 is 0 Å². The standard InChI is InChI=1S/C17H36N2.C2H6/c1-15(2,3)13-16(4,5)14-17(6,7)19-11-9-18(8)10-12-19;1-2/h9-14H2,1-8H3;1-2H3. The van der Waals surface area contributed by atoms with E-state index in [1.807, 2.05) is 13.8 Å². The van der Waals surface area contributed by atoms with Crippen LogP contribution in [0.25, 0.3) is 0 Å². The number of hydrogen-bond donors (Lipinski definition) is 0. The van der Waals surface area contributed by atoms with Crippen LogP contribution in [0.15, 0.2) is 0 Å². The highest BCUT2D eigenvalue weighted by Gasteiger charge is 2.36. The van der Waals surface area contributed by atoms with Crippen LogP contribution in [0.1, 0.15) is 75.2 Å². The maximum absolute atomic E-state index is 2.69. The van der Waals surface area contributed by atoms with Crippen molar-refractivity contribution in [2.75, 3.05) is 33.2 Å². The van der Waals surface area contributed by atoms with Crippen LogP contribution < -0.4 is 0 Å². The molecule has 2 heteroatoms. The van der Waals surface area contributed by atoms with Gasteiger partial charge in [-0.2, -0.15) is 0 Å². The van der Waals surface area contributed by atoms with Crippen LogP contribution in [0.3, 0.4) is 0 Å². The molecule has 0 spiro atoms. The molecule has 0 aromatic heterocycles. The van der Waals surface area contributed by atoms with Gasteiger partial charge in [-0.05, 0) is 44.6 Å². The summed E-state index contributed by atoms with van der Waals surface area (Å²) in [6, 6.07) is 0. The predicted octanol–water partition coefficient (Wildman–Crippen LogP) is 4.89. The van der Waals surface area contributed by atoms with Crippen molar-refractivity contribution < 1.29 is 0 Å². The van der Waals surface area contributed by atoms with Gasteiger partial charge in [0.15, 0.2) is 0 Å². The van der Waals surface area contributed by atoms with Crippen LogP contribution in [0.5, 0.6) is 0 Å². The average Bonchev–Trinajstić information content (AvgIpc) is 2.27. The molecule has 128 valence electrons. The second kappa shape index (κ2) is 7.97. The van der Waals surface area contributed by atoms with Gasteiger partial charge in [0.25, 0.3) is 0 Å².